The highest BCUT2D eigenvalue weighted by Gasteiger charge is 2.32. The first-order valence-corrected chi connectivity index (χ1v) is 19.4. The quantitative estimate of drug-likeness (QED) is 0.0884. The zero-order chi connectivity index (χ0) is 41.9. The maximum absolute atomic E-state index is 13.0. The molecule has 0 aromatic heterocycles. The van der Waals surface area contributed by atoms with Crippen LogP contribution in [0.25, 0.3) is 0 Å². The molecule has 0 aliphatic heterocycles. The molecule has 0 N–H and O–H groups in total. The molecule has 0 atom stereocenters. The van der Waals surface area contributed by atoms with Crippen LogP contribution in [0.15, 0.2) is 72.8 Å². The molecular weight excluding hydrogens is 744 g/mol. The second-order valence-corrected chi connectivity index (χ2v) is 14.4. The summed E-state index contributed by atoms with van der Waals surface area (Å²) in [5.74, 6) is -2.53. The summed E-state index contributed by atoms with van der Waals surface area (Å²) in [5, 5.41) is 0. The molecule has 1 fully saturated rings. The van der Waals surface area contributed by atoms with E-state index in [-0.39, 0.29) is 22.6 Å². The summed E-state index contributed by atoms with van der Waals surface area (Å²) in [7, 11) is 0. The first kappa shape index (κ1) is 42.8. The topological polar surface area (TPSA) is 158 Å². The Hall–Kier alpha value is -6.30. The van der Waals surface area contributed by atoms with Gasteiger partial charge in [0.2, 0.25) is 0 Å². The maximum Gasteiger partial charge on any atom is 0.343 e. The van der Waals surface area contributed by atoms with Gasteiger partial charge in [0.15, 0.2) is 0 Å². The highest BCUT2D eigenvalue weighted by Crippen LogP contribution is 2.32. The molecular formula is C46H48O12. The van der Waals surface area contributed by atoms with Crippen molar-refractivity contribution in [3.8, 4) is 23.0 Å². The zero-order valence-electron chi connectivity index (χ0n) is 33.6. The Labute approximate surface area is 337 Å². The minimum Gasteiger partial charge on any atom is -0.462 e. The minimum absolute atomic E-state index is 0.248. The van der Waals surface area contributed by atoms with Crippen molar-refractivity contribution in [1.82, 2.24) is 0 Å². The van der Waals surface area contributed by atoms with Crippen LogP contribution in [0.2, 0.25) is 0 Å². The van der Waals surface area contributed by atoms with Gasteiger partial charge in [-0.2, -0.15) is 0 Å². The van der Waals surface area contributed by atoms with E-state index in [4.69, 9.17) is 28.4 Å². The van der Waals surface area contributed by atoms with Gasteiger partial charge in [-0.25, -0.2) is 19.2 Å². The predicted molar refractivity (Wildman–Crippen MR) is 212 cm³/mol. The van der Waals surface area contributed by atoms with E-state index in [1.807, 2.05) is 13.8 Å². The second-order valence-electron chi connectivity index (χ2n) is 14.4. The number of benzene rings is 4. The van der Waals surface area contributed by atoms with Crippen LogP contribution in [0, 0.1) is 39.5 Å². The summed E-state index contributed by atoms with van der Waals surface area (Å²) in [5.41, 5.74) is 3.70. The van der Waals surface area contributed by atoms with Crippen LogP contribution in [0.5, 0.6) is 23.0 Å². The molecule has 1 saturated carbocycles. The lowest BCUT2D eigenvalue weighted by Crippen LogP contribution is -2.30. The van der Waals surface area contributed by atoms with Gasteiger partial charge in [0.1, 0.15) is 23.0 Å². The number of esters is 6. The summed E-state index contributed by atoms with van der Waals surface area (Å²) in [6.45, 7) is 11.4. The molecule has 0 spiro atoms. The number of aryl methyl sites for hydroxylation is 4. The molecule has 58 heavy (non-hydrogen) atoms. The van der Waals surface area contributed by atoms with Crippen LogP contribution in [-0.2, 0) is 19.1 Å². The molecule has 12 nitrogen and oxygen atoms in total. The van der Waals surface area contributed by atoms with E-state index in [2.05, 4.69) is 0 Å². The number of carbonyl (C=O) groups excluding carboxylic acids is 6. The number of ether oxygens (including phenoxy) is 6. The molecule has 4 aromatic carbocycles. The third-order valence-corrected chi connectivity index (χ3v) is 9.67. The predicted octanol–water partition coefficient (Wildman–Crippen LogP) is 8.81. The second kappa shape index (κ2) is 19.7. The first-order valence-electron chi connectivity index (χ1n) is 19.4. The van der Waals surface area contributed by atoms with Crippen molar-refractivity contribution >= 4 is 35.8 Å². The Morgan fingerprint density at radius 2 is 0.759 bits per heavy atom. The van der Waals surface area contributed by atoms with Crippen molar-refractivity contribution < 1.29 is 57.2 Å². The molecule has 0 amide bonds. The fourth-order valence-electron chi connectivity index (χ4n) is 6.60. The molecule has 1 aliphatic carbocycles. The van der Waals surface area contributed by atoms with Crippen LogP contribution in [0.3, 0.4) is 0 Å². The van der Waals surface area contributed by atoms with Crippen molar-refractivity contribution in [2.24, 2.45) is 11.8 Å². The highest BCUT2D eigenvalue weighted by molar-refractivity contribution is 5.94. The first-order chi connectivity index (χ1) is 27.8. The van der Waals surface area contributed by atoms with Gasteiger partial charge < -0.3 is 28.4 Å². The van der Waals surface area contributed by atoms with Crippen molar-refractivity contribution in [1.29, 1.82) is 0 Å². The SMILES string of the molecule is CCCOC(=O)c1cc(C)c(OC(=O)c2ccc(OC(=O)C3CCC(C(=O)Oc4ccc(C(=O)Oc5c(C)cc(C(=O)OCCC)cc5C)cc4)CC3)cc2)c(C)c1. The maximum atomic E-state index is 13.0. The van der Waals surface area contributed by atoms with Crippen LogP contribution < -0.4 is 18.9 Å². The molecule has 5 rings (SSSR count). The Bertz CT molecular complexity index is 1960. The molecule has 12 heteroatoms. The Balaban J connectivity index is 1.07. The van der Waals surface area contributed by atoms with Crippen molar-refractivity contribution in [3.63, 3.8) is 0 Å². The fourth-order valence-corrected chi connectivity index (χ4v) is 6.60. The van der Waals surface area contributed by atoms with E-state index in [0.29, 0.717) is 96.6 Å². The van der Waals surface area contributed by atoms with Gasteiger partial charge in [0.25, 0.3) is 0 Å². The number of hydrogen-bond acceptors (Lipinski definition) is 12. The number of hydrogen-bond donors (Lipinski definition) is 0. The average molecular weight is 793 g/mol. The summed E-state index contributed by atoms with van der Waals surface area (Å²) >= 11 is 0. The van der Waals surface area contributed by atoms with E-state index in [1.165, 1.54) is 48.5 Å². The lowest BCUT2D eigenvalue weighted by atomic mass is 9.82. The smallest absolute Gasteiger partial charge is 0.343 e. The van der Waals surface area contributed by atoms with Crippen LogP contribution >= 0.6 is 0 Å². The Morgan fingerprint density at radius 3 is 1.05 bits per heavy atom. The number of rotatable bonds is 14. The minimum atomic E-state index is -0.606. The van der Waals surface area contributed by atoms with Crippen molar-refractivity contribution in [3.05, 3.63) is 117 Å². The van der Waals surface area contributed by atoms with Gasteiger partial charge in [-0.3, -0.25) is 9.59 Å². The summed E-state index contributed by atoms with van der Waals surface area (Å²) in [6, 6.07) is 18.6. The van der Waals surface area contributed by atoms with Crippen LogP contribution in [-0.4, -0.2) is 49.0 Å². The van der Waals surface area contributed by atoms with Gasteiger partial charge in [0.05, 0.1) is 47.3 Å². The van der Waals surface area contributed by atoms with E-state index < -0.39 is 47.7 Å². The van der Waals surface area contributed by atoms with Gasteiger partial charge in [0, 0.05) is 0 Å². The van der Waals surface area contributed by atoms with Gasteiger partial charge in [-0.15, -0.1) is 0 Å². The Morgan fingerprint density at radius 1 is 0.448 bits per heavy atom. The lowest BCUT2D eigenvalue weighted by molar-refractivity contribution is -0.145. The summed E-state index contributed by atoms with van der Waals surface area (Å²) in [6.07, 6.45) is 3.15. The lowest BCUT2D eigenvalue weighted by Gasteiger charge is -2.25. The zero-order valence-corrected chi connectivity index (χ0v) is 33.6. The van der Waals surface area contributed by atoms with E-state index in [0.717, 1.165) is 0 Å². The fraction of sp³-hybridized carbons (Fsp3) is 0.348. The molecule has 1 aliphatic rings. The van der Waals surface area contributed by atoms with E-state index >= 15 is 0 Å². The van der Waals surface area contributed by atoms with Gasteiger partial charge >= 0.3 is 35.8 Å². The third-order valence-electron chi connectivity index (χ3n) is 9.67. The van der Waals surface area contributed by atoms with Crippen LogP contribution in [0.1, 0.15) is 116 Å². The highest BCUT2D eigenvalue weighted by atomic mass is 16.6. The monoisotopic (exact) mass is 792 g/mol. The average Bonchev–Trinajstić information content (AvgIpc) is 3.21. The third kappa shape index (κ3) is 11.0. The summed E-state index contributed by atoms with van der Waals surface area (Å²) in [4.78, 5) is 76.4. The summed E-state index contributed by atoms with van der Waals surface area (Å²) < 4.78 is 32.9. The molecule has 304 valence electrons. The molecule has 0 unspecified atom stereocenters. The molecule has 4 aromatic rings. The van der Waals surface area contributed by atoms with Gasteiger partial charge in [-0.1, -0.05) is 13.8 Å². The molecule has 0 bridgehead atoms. The number of carbonyl (C=O) groups is 6. The molecule has 0 saturated heterocycles. The normalized spacial score (nSPS) is 14.8. The Kier molecular flexibility index (Phi) is 14.6. The van der Waals surface area contributed by atoms with E-state index in [1.54, 1.807) is 52.0 Å². The van der Waals surface area contributed by atoms with Crippen molar-refractivity contribution in [2.45, 2.75) is 80.1 Å². The molecule has 0 radical (unpaired) electrons. The van der Waals surface area contributed by atoms with Crippen molar-refractivity contribution in [2.75, 3.05) is 13.2 Å². The standard InChI is InChI=1S/C46H48O12/c1-7-21-53-41(47)35-23-27(3)39(28(4)24-35)57-45(51)33-13-17-37(18-14-33)55-43(49)31-9-11-32(12-10-31)44(50)56-38-19-15-34(16-20-38)46(52)58-40-29(5)25-36(26-30(40)6)42(48)54-22-8-2/h13-20,23-26,31-32H,7-12,21-22H2,1-6H3. The van der Waals surface area contributed by atoms with E-state index in [9.17, 15) is 28.8 Å². The van der Waals surface area contributed by atoms with Crippen LogP contribution in [0.4, 0.5) is 0 Å². The largest absolute Gasteiger partial charge is 0.462 e. The molecule has 0 heterocycles. The van der Waals surface area contributed by atoms with Gasteiger partial charge in [-0.05, 0) is 161 Å².